The molecule has 0 saturated heterocycles. The molecular weight excluding hydrogens is 378 g/mol. The molecule has 0 bridgehead atoms. The lowest BCUT2D eigenvalue weighted by Gasteiger charge is -2.19. The van der Waals surface area contributed by atoms with Gasteiger partial charge >= 0.3 is 0 Å². The highest BCUT2D eigenvalue weighted by molar-refractivity contribution is 7.89. The number of rotatable bonds is 6. The van der Waals surface area contributed by atoms with Crippen LogP contribution in [-0.4, -0.2) is 25.8 Å². The molecule has 4 heteroatoms. The number of nitrogens with zero attached hydrogens (tertiary/aromatic N) is 1. The normalized spacial score (nSPS) is 17.6. The van der Waals surface area contributed by atoms with Crippen LogP contribution in [0.5, 0.6) is 0 Å². The Kier molecular flexibility index (Phi) is 8.15. The van der Waals surface area contributed by atoms with Gasteiger partial charge in [0.2, 0.25) is 10.0 Å². The molecule has 0 aromatic heterocycles. The smallest absolute Gasteiger partial charge is 0.207 e. The summed E-state index contributed by atoms with van der Waals surface area (Å²) < 4.78 is 28.0. The molecule has 0 unspecified atom stereocenters. The molecule has 3 nitrogen and oxygen atoms in total. The summed E-state index contributed by atoms with van der Waals surface area (Å²) in [5.41, 5.74) is 10.4. The van der Waals surface area contributed by atoms with Crippen LogP contribution in [0.2, 0.25) is 0 Å². The number of hydrogen-bond acceptors (Lipinski definition) is 2. The quantitative estimate of drug-likeness (QED) is 0.532. The average Bonchev–Trinajstić information content (AvgIpc) is 2.74. The van der Waals surface area contributed by atoms with Crippen molar-refractivity contribution in [1.29, 1.82) is 0 Å². The fourth-order valence-electron chi connectivity index (χ4n) is 3.96. The number of sulfonamides is 1. The highest BCUT2D eigenvalue weighted by atomic mass is 32.2. The van der Waals surface area contributed by atoms with Crippen molar-refractivity contribution in [2.24, 2.45) is 0 Å². The monoisotopic (exact) mass is 411 g/mol. The van der Waals surface area contributed by atoms with Crippen molar-refractivity contribution in [3.05, 3.63) is 64.6 Å². The maximum Gasteiger partial charge on any atom is 0.243 e. The van der Waals surface area contributed by atoms with E-state index in [0.717, 1.165) is 31.2 Å². The first-order valence-corrected chi connectivity index (χ1v) is 12.4. The molecule has 3 rings (SSSR count). The van der Waals surface area contributed by atoms with E-state index in [0.29, 0.717) is 18.0 Å². The lowest BCUT2D eigenvalue weighted by Crippen LogP contribution is -2.31. The molecule has 2 saturated carbocycles. The van der Waals surface area contributed by atoms with Crippen LogP contribution in [0.4, 0.5) is 0 Å². The fourth-order valence-corrected chi connectivity index (χ4v) is 5.28. The Morgan fingerprint density at radius 2 is 1.24 bits per heavy atom. The van der Waals surface area contributed by atoms with Crippen molar-refractivity contribution < 1.29 is 8.42 Å². The van der Waals surface area contributed by atoms with Crippen molar-refractivity contribution in [3.63, 3.8) is 0 Å². The second-order valence-electron chi connectivity index (χ2n) is 8.16. The third-order valence-corrected chi connectivity index (χ3v) is 7.62. The highest BCUT2D eigenvalue weighted by Crippen LogP contribution is 2.23. The predicted octanol–water partition coefficient (Wildman–Crippen LogP) is 6.08. The van der Waals surface area contributed by atoms with E-state index >= 15 is 0 Å². The van der Waals surface area contributed by atoms with E-state index in [1.54, 1.807) is 12.1 Å². The molecule has 0 aliphatic heterocycles. The summed E-state index contributed by atoms with van der Waals surface area (Å²) >= 11 is 0. The standard InChI is InChI=1S/C25H33NO2S/c1-22-16-18-25(19-17-22)29(27,28)26(20-8-14-23-10-4-2-5-11-23)21-9-15-24-12-6-3-7-13-24/h8-9,16-19H,2-7,10-13,20-21H2,1H3. The third kappa shape index (κ3) is 6.59. The minimum Gasteiger partial charge on any atom is -0.207 e. The molecule has 29 heavy (non-hydrogen) atoms. The van der Waals surface area contributed by atoms with Gasteiger partial charge in [0.25, 0.3) is 0 Å². The third-order valence-electron chi connectivity index (χ3n) is 5.78. The largest absolute Gasteiger partial charge is 0.243 e. The van der Waals surface area contributed by atoms with Gasteiger partial charge in [0.15, 0.2) is 0 Å². The van der Waals surface area contributed by atoms with E-state index < -0.39 is 10.0 Å². The molecule has 1 aromatic rings. The van der Waals surface area contributed by atoms with Gasteiger partial charge < -0.3 is 0 Å². The van der Waals surface area contributed by atoms with Gasteiger partial charge in [-0.1, -0.05) is 30.5 Å². The van der Waals surface area contributed by atoms with Gasteiger partial charge in [0.05, 0.1) is 4.90 Å². The SMILES string of the molecule is Cc1ccc(S(=O)(=O)N(CC=C=C2CCCCC2)CC=C=C2CCCCC2)cc1. The van der Waals surface area contributed by atoms with E-state index in [2.05, 4.69) is 11.5 Å². The number of hydrogen-bond donors (Lipinski definition) is 0. The highest BCUT2D eigenvalue weighted by Gasteiger charge is 2.22. The van der Waals surface area contributed by atoms with E-state index in [4.69, 9.17) is 0 Å². The van der Waals surface area contributed by atoms with Gasteiger partial charge in [-0.05, 0) is 93.7 Å². The zero-order valence-electron chi connectivity index (χ0n) is 17.6. The first-order chi connectivity index (χ1) is 14.1. The Balaban J connectivity index is 1.80. The minimum atomic E-state index is -3.55. The van der Waals surface area contributed by atoms with Crippen molar-refractivity contribution in [3.8, 4) is 0 Å². The van der Waals surface area contributed by atoms with Crippen LogP contribution in [0.3, 0.4) is 0 Å². The molecule has 2 aliphatic rings. The van der Waals surface area contributed by atoms with Gasteiger partial charge in [-0.25, -0.2) is 8.42 Å². The van der Waals surface area contributed by atoms with E-state index in [1.807, 2.05) is 31.2 Å². The predicted molar refractivity (Wildman–Crippen MR) is 119 cm³/mol. The van der Waals surface area contributed by atoms with E-state index in [1.165, 1.54) is 54.0 Å². The lowest BCUT2D eigenvalue weighted by molar-refractivity contribution is 0.473. The van der Waals surface area contributed by atoms with Crippen molar-refractivity contribution in [1.82, 2.24) is 4.31 Å². The van der Waals surface area contributed by atoms with Gasteiger partial charge in [0.1, 0.15) is 0 Å². The van der Waals surface area contributed by atoms with Crippen LogP contribution in [-0.2, 0) is 10.0 Å². The van der Waals surface area contributed by atoms with Crippen LogP contribution in [0.25, 0.3) is 0 Å². The Hall–Kier alpha value is -1.83. The zero-order valence-corrected chi connectivity index (χ0v) is 18.4. The Bertz CT molecular complexity index is 856. The molecule has 2 fully saturated rings. The van der Waals surface area contributed by atoms with Gasteiger partial charge in [0, 0.05) is 13.1 Å². The average molecular weight is 412 g/mol. The van der Waals surface area contributed by atoms with Crippen LogP contribution in [0.1, 0.15) is 69.8 Å². The number of aryl methyl sites for hydroxylation is 1. The molecular formula is C25H33NO2S. The summed E-state index contributed by atoms with van der Waals surface area (Å²) in [6, 6.07) is 7.10. The molecule has 0 heterocycles. The molecule has 0 amide bonds. The van der Waals surface area contributed by atoms with Gasteiger partial charge in [-0.15, -0.1) is 11.5 Å². The molecule has 2 aliphatic carbocycles. The van der Waals surface area contributed by atoms with Crippen LogP contribution < -0.4 is 0 Å². The summed E-state index contributed by atoms with van der Waals surface area (Å²) in [4.78, 5) is 0.348. The Morgan fingerprint density at radius 3 is 1.69 bits per heavy atom. The molecule has 0 N–H and O–H groups in total. The van der Waals surface area contributed by atoms with Crippen molar-refractivity contribution in [2.45, 2.75) is 76.0 Å². The lowest BCUT2D eigenvalue weighted by atomic mass is 9.96. The summed E-state index contributed by atoms with van der Waals surface area (Å²) in [6.07, 6.45) is 15.6. The first kappa shape index (κ1) is 21.9. The van der Waals surface area contributed by atoms with Crippen LogP contribution in [0, 0.1) is 6.92 Å². The molecule has 1 aromatic carbocycles. The topological polar surface area (TPSA) is 37.4 Å². The minimum absolute atomic E-state index is 0.340. The summed E-state index contributed by atoms with van der Waals surface area (Å²) in [7, 11) is -3.55. The Labute approximate surface area is 176 Å². The second kappa shape index (κ2) is 10.8. The van der Waals surface area contributed by atoms with Crippen molar-refractivity contribution >= 4 is 10.0 Å². The summed E-state index contributed by atoms with van der Waals surface area (Å²) in [6.45, 7) is 2.65. The van der Waals surface area contributed by atoms with Gasteiger partial charge in [-0.3, -0.25) is 0 Å². The van der Waals surface area contributed by atoms with E-state index in [-0.39, 0.29) is 0 Å². The first-order valence-electron chi connectivity index (χ1n) is 11.0. The molecule has 0 radical (unpaired) electrons. The van der Waals surface area contributed by atoms with Crippen LogP contribution in [0.15, 0.2) is 63.9 Å². The summed E-state index contributed by atoms with van der Waals surface area (Å²) in [5.74, 6) is 0. The number of benzene rings is 1. The molecule has 0 atom stereocenters. The fraction of sp³-hybridized carbons (Fsp3) is 0.520. The van der Waals surface area contributed by atoms with Gasteiger partial charge in [-0.2, -0.15) is 4.31 Å². The van der Waals surface area contributed by atoms with Crippen LogP contribution >= 0.6 is 0 Å². The zero-order chi connectivity index (χ0) is 20.5. The molecule has 0 spiro atoms. The Morgan fingerprint density at radius 1 is 0.793 bits per heavy atom. The van der Waals surface area contributed by atoms with Crippen molar-refractivity contribution in [2.75, 3.05) is 13.1 Å². The second-order valence-corrected chi connectivity index (χ2v) is 10.1. The summed E-state index contributed by atoms with van der Waals surface area (Å²) in [5, 5.41) is 0. The molecule has 156 valence electrons. The maximum absolute atomic E-state index is 13.2. The van der Waals surface area contributed by atoms with E-state index in [9.17, 15) is 8.42 Å². The maximum atomic E-state index is 13.2.